The molecule has 5 rings (SSSR count). The summed E-state index contributed by atoms with van der Waals surface area (Å²) < 4.78 is 0. The summed E-state index contributed by atoms with van der Waals surface area (Å²) >= 11 is 0. The van der Waals surface area contributed by atoms with Gasteiger partial charge in [0.15, 0.2) is 0 Å². The quantitative estimate of drug-likeness (QED) is 0.747. The highest BCUT2D eigenvalue weighted by Crippen LogP contribution is 2.41. The molecule has 0 saturated carbocycles. The molecule has 1 heterocycles. The third-order valence-electron chi connectivity index (χ3n) is 5.55. The highest BCUT2D eigenvalue weighted by Gasteiger charge is 2.23. The van der Waals surface area contributed by atoms with E-state index < -0.39 is 0 Å². The summed E-state index contributed by atoms with van der Waals surface area (Å²) in [5.41, 5.74) is 11.6. The molecule has 0 saturated heterocycles. The van der Waals surface area contributed by atoms with E-state index in [1.807, 2.05) is 12.3 Å². The van der Waals surface area contributed by atoms with Crippen molar-refractivity contribution in [1.29, 1.82) is 0 Å². The van der Waals surface area contributed by atoms with E-state index in [0.717, 1.165) is 25.7 Å². The van der Waals surface area contributed by atoms with Crippen LogP contribution in [0.4, 0.5) is 0 Å². The van der Waals surface area contributed by atoms with E-state index in [2.05, 4.69) is 66.1 Å². The molecule has 1 nitrogen and oxygen atoms in total. The lowest BCUT2D eigenvalue weighted by Crippen LogP contribution is -2.12. The van der Waals surface area contributed by atoms with Crippen LogP contribution in [0.5, 0.6) is 0 Å². The number of hydrogen-bond donors (Lipinski definition) is 1. The van der Waals surface area contributed by atoms with Crippen LogP contribution in [0.3, 0.4) is 0 Å². The third kappa shape index (κ3) is 2.39. The van der Waals surface area contributed by atoms with E-state index >= 15 is 0 Å². The number of hydrogen-bond acceptors (Lipinski definition) is 1. The first-order valence-electron chi connectivity index (χ1n) is 9.15. The van der Waals surface area contributed by atoms with Crippen LogP contribution in [-0.2, 0) is 19.3 Å². The minimum atomic E-state index is 1.12. The van der Waals surface area contributed by atoms with Crippen molar-refractivity contribution in [2.75, 3.05) is 0 Å². The monoisotopic (exact) mass is 323 g/mol. The van der Waals surface area contributed by atoms with Gasteiger partial charge in [0.05, 0.1) is 0 Å². The van der Waals surface area contributed by atoms with Gasteiger partial charge in [-0.2, -0.15) is 0 Å². The second kappa shape index (κ2) is 5.93. The van der Waals surface area contributed by atoms with Crippen molar-refractivity contribution < 1.29 is 0 Å². The molecule has 0 aromatic heterocycles. The van der Waals surface area contributed by atoms with E-state index in [1.165, 1.54) is 33.4 Å². The molecule has 0 spiro atoms. The zero-order chi connectivity index (χ0) is 16.6. The van der Waals surface area contributed by atoms with Crippen molar-refractivity contribution in [2.24, 2.45) is 0 Å². The first-order chi connectivity index (χ1) is 12.4. The van der Waals surface area contributed by atoms with Crippen molar-refractivity contribution >= 4 is 5.57 Å². The van der Waals surface area contributed by atoms with E-state index in [9.17, 15) is 0 Å². The summed E-state index contributed by atoms with van der Waals surface area (Å²) in [4.78, 5) is 0. The summed E-state index contributed by atoms with van der Waals surface area (Å²) in [6, 6.07) is 13.6. The largest absolute Gasteiger partial charge is 0.367 e. The zero-order valence-electron chi connectivity index (χ0n) is 14.3. The van der Waals surface area contributed by atoms with Crippen LogP contribution in [0, 0.1) is 0 Å². The Morgan fingerprint density at radius 2 is 1.64 bits per heavy atom. The van der Waals surface area contributed by atoms with Gasteiger partial charge in [0.25, 0.3) is 0 Å². The fraction of sp³-hybridized carbons (Fsp3) is 0.167. The Morgan fingerprint density at radius 3 is 2.64 bits per heavy atom. The molecule has 1 N–H and O–H groups in total. The molecule has 2 aromatic carbocycles. The number of rotatable bonds is 1. The Labute approximate surface area is 149 Å². The van der Waals surface area contributed by atoms with Crippen molar-refractivity contribution in [3.05, 3.63) is 101 Å². The van der Waals surface area contributed by atoms with Gasteiger partial charge in [0.2, 0.25) is 0 Å². The molecule has 0 unspecified atom stereocenters. The van der Waals surface area contributed by atoms with Gasteiger partial charge >= 0.3 is 0 Å². The maximum absolute atomic E-state index is 3.25. The number of nitrogens with one attached hydrogen (secondary N) is 1. The topological polar surface area (TPSA) is 12.0 Å². The molecule has 2 aromatic rings. The first-order valence-corrected chi connectivity index (χ1v) is 9.15. The van der Waals surface area contributed by atoms with Crippen LogP contribution >= 0.6 is 0 Å². The zero-order valence-corrected chi connectivity index (χ0v) is 14.3. The minimum absolute atomic E-state index is 1.12. The third-order valence-corrected chi connectivity index (χ3v) is 5.55. The van der Waals surface area contributed by atoms with Gasteiger partial charge in [-0.25, -0.2) is 0 Å². The molecule has 0 atom stereocenters. The molecular weight excluding hydrogens is 302 g/mol. The van der Waals surface area contributed by atoms with Crippen molar-refractivity contribution in [3.8, 4) is 11.1 Å². The smallest absolute Gasteiger partial charge is 0.00837 e. The molecule has 0 fully saturated rings. The molecule has 25 heavy (non-hydrogen) atoms. The second-order valence-corrected chi connectivity index (χ2v) is 6.92. The fourth-order valence-electron chi connectivity index (χ4n) is 4.40. The van der Waals surface area contributed by atoms with Crippen molar-refractivity contribution in [3.63, 3.8) is 0 Å². The molecular formula is C24H21N. The highest BCUT2D eigenvalue weighted by molar-refractivity contribution is 5.87. The summed E-state index contributed by atoms with van der Waals surface area (Å²) in [5, 5.41) is 3.25. The molecule has 0 amide bonds. The Balaban J connectivity index is 1.65. The SMILES string of the molecule is C1=CNC=C(C2=CCCc3c2ccc2c3CCc3ccccc3-2)C=C1. The molecule has 122 valence electrons. The Bertz CT molecular complexity index is 970. The van der Waals surface area contributed by atoms with E-state index in [0.29, 0.717) is 0 Å². The lowest BCUT2D eigenvalue weighted by molar-refractivity contribution is 0.884. The number of benzene rings is 2. The maximum Gasteiger partial charge on any atom is 0.00837 e. The van der Waals surface area contributed by atoms with Crippen LogP contribution in [0.2, 0.25) is 0 Å². The van der Waals surface area contributed by atoms with Gasteiger partial charge in [-0.15, -0.1) is 0 Å². The van der Waals surface area contributed by atoms with Gasteiger partial charge < -0.3 is 5.32 Å². The minimum Gasteiger partial charge on any atom is -0.367 e. The van der Waals surface area contributed by atoms with Crippen LogP contribution in [0.25, 0.3) is 16.7 Å². The van der Waals surface area contributed by atoms with Crippen LogP contribution in [0.15, 0.2) is 78.7 Å². The van der Waals surface area contributed by atoms with E-state index in [1.54, 1.807) is 11.1 Å². The number of allylic oxidation sites excluding steroid dienone is 6. The normalized spacial score (nSPS) is 17.4. The molecule has 1 aliphatic heterocycles. The fourth-order valence-corrected chi connectivity index (χ4v) is 4.40. The Morgan fingerprint density at radius 1 is 0.760 bits per heavy atom. The lowest BCUT2D eigenvalue weighted by atomic mass is 9.77. The summed E-state index contributed by atoms with van der Waals surface area (Å²) in [7, 11) is 0. The van der Waals surface area contributed by atoms with Crippen LogP contribution in [-0.4, -0.2) is 0 Å². The van der Waals surface area contributed by atoms with Gasteiger partial charge in [-0.3, -0.25) is 0 Å². The average molecular weight is 323 g/mol. The van der Waals surface area contributed by atoms with Gasteiger partial charge in [-0.1, -0.05) is 54.6 Å². The second-order valence-electron chi connectivity index (χ2n) is 6.92. The van der Waals surface area contributed by atoms with Crippen LogP contribution < -0.4 is 5.32 Å². The van der Waals surface area contributed by atoms with Crippen LogP contribution in [0.1, 0.15) is 28.7 Å². The predicted octanol–water partition coefficient (Wildman–Crippen LogP) is 5.34. The predicted molar refractivity (Wildman–Crippen MR) is 105 cm³/mol. The molecule has 1 heteroatoms. The van der Waals surface area contributed by atoms with Crippen molar-refractivity contribution in [1.82, 2.24) is 5.32 Å². The van der Waals surface area contributed by atoms with Crippen molar-refractivity contribution in [2.45, 2.75) is 25.7 Å². The Hall–Kier alpha value is -2.80. The lowest BCUT2D eigenvalue weighted by Gasteiger charge is -2.27. The number of fused-ring (bicyclic) bond motifs is 5. The molecule has 0 radical (unpaired) electrons. The van der Waals surface area contributed by atoms with Gasteiger partial charge in [0.1, 0.15) is 0 Å². The van der Waals surface area contributed by atoms with Gasteiger partial charge in [0, 0.05) is 12.4 Å². The van der Waals surface area contributed by atoms with Gasteiger partial charge in [-0.05, 0) is 76.3 Å². The number of aryl methyl sites for hydroxylation is 1. The summed E-state index contributed by atoms with van der Waals surface area (Å²) in [6.45, 7) is 0. The average Bonchev–Trinajstić information content (AvgIpc) is 2.96. The Kier molecular flexibility index (Phi) is 3.45. The molecule has 0 bridgehead atoms. The molecule has 3 aliphatic rings. The maximum atomic E-state index is 3.25. The summed E-state index contributed by atoms with van der Waals surface area (Å²) in [5.74, 6) is 0. The summed E-state index contributed by atoms with van der Waals surface area (Å²) in [6.07, 6.45) is 17.4. The van der Waals surface area contributed by atoms with E-state index in [-0.39, 0.29) is 0 Å². The standard InChI is InChI=1S/C24H21N/c1-2-8-19-17(6-1)11-12-24-21-10-5-9-20(23(21)14-13-22(19)24)18-7-3-4-15-25-16-18/h1-4,6-9,13-16,25H,5,10-12H2. The van der Waals surface area contributed by atoms with E-state index in [4.69, 9.17) is 0 Å². The highest BCUT2D eigenvalue weighted by atomic mass is 14.8. The molecule has 2 aliphatic carbocycles. The first kappa shape index (κ1) is 14.5.